The van der Waals surface area contributed by atoms with Crippen LogP contribution in [0.15, 0.2) is 0 Å². The molecule has 0 spiro atoms. The Morgan fingerprint density at radius 1 is 1.59 bits per heavy atom. The van der Waals surface area contributed by atoms with Gasteiger partial charge >= 0.3 is 12.1 Å². The van der Waals surface area contributed by atoms with E-state index in [4.69, 9.17) is 5.11 Å². The molecule has 5 nitrogen and oxygen atoms in total. The lowest BCUT2D eigenvalue weighted by Crippen LogP contribution is -2.51. The van der Waals surface area contributed by atoms with E-state index in [9.17, 15) is 22.8 Å². The van der Waals surface area contributed by atoms with Crippen molar-refractivity contribution in [3.63, 3.8) is 0 Å². The number of aliphatic carboxylic acids is 1. The molecule has 1 saturated heterocycles. The summed E-state index contributed by atoms with van der Waals surface area (Å²) >= 11 is 0. The van der Waals surface area contributed by atoms with E-state index < -0.39 is 30.7 Å². The number of carbonyl (C=O) groups excluding carboxylic acids is 1. The zero-order valence-corrected chi connectivity index (χ0v) is 8.88. The van der Waals surface area contributed by atoms with Crippen LogP contribution in [-0.2, 0) is 9.59 Å². The molecule has 1 amide bonds. The van der Waals surface area contributed by atoms with Crippen LogP contribution in [0.5, 0.6) is 0 Å². The second-order valence-electron chi connectivity index (χ2n) is 3.83. The summed E-state index contributed by atoms with van der Waals surface area (Å²) in [7, 11) is 0. The van der Waals surface area contributed by atoms with E-state index in [1.54, 1.807) is 0 Å². The average Bonchev–Trinajstić information content (AvgIpc) is 2.18. The normalized spacial score (nSPS) is 23.0. The largest absolute Gasteiger partial charge is 0.481 e. The summed E-state index contributed by atoms with van der Waals surface area (Å²) in [6.07, 6.45) is -3.74. The number of amides is 1. The molecule has 0 aliphatic carbocycles. The van der Waals surface area contributed by atoms with Gasteiger partial charge in [-0.05, 0) is 12.8 Å². The Bertz CT molecular complexity index is 306. The molecule has 0 bridgehead atoms. The smallest absolute Gasteiger partial charge is 0.403 e. The molecule has 8 heteroatoms. The maximum absolute atomic E-state index is 12.3. The molecule has 2 unspecified atom stereocenters. The molecule has 1 rings (SSSR count). The van der Waals surface area contributed by atoms with Crippen LogP contribution in [0, 0.1) is 5.92 Å². The molecule has 0 aromatic heterocycles. The van der Waals surface area contributed by atoms with Gasteiger partial charge in [0.15, 0.2) is 5.92 Å². The van der Waals surface area contributed by atoms with Gasteiger partial charge in [-0.3, -0.25) is 9.59 Å². The number of alkyl halides is 3. The molecular formula is C9H13F3N2O3. The molecule has 1 aliphatic heterocycles. The number of nitrogens with one attached hydrogen (secondary N) is 2. The molecule has 1 aliphatic rings. The minimum absolute atomic E-state index is 0.387. The van der Waals surface area contributed by atoms with Gasteiger partial charge in [-0.1, -0.05) is 0 Å². The summed E-state index contributed by atoms with van der Waals surface area (Å²) in [5, 5.41) is 13.3. The van der Waals surface area contributed by atoms with Crippen molar-refractivity contribution in [3.8, 4) is 0 Å². The Hall–Kier alpha value is -1.31. The van der Waals surface area contributed by atoms with Crippen LogP contribution in [0.3, 0.4) is 0 Å². The van der Waals surface area contributed by atoms with Gasteiger partial charge in [-0.25, -0.2) is 0 Å². The third kappa shape index (κ3) is 3.88. The fourth-order valence-electron chi connectivity index (χ4n) is 1.57. The number of piperidine rings is 1. The predicted octanol–water partition coefficient (Wildman–Crippen LogP) is 0.118. The van der Waals surface area contributed by atoms with Crippen molar-refractivity contribution in [1.82, 2.24) is 10.6 Å². The highest BCUT2D eigenvalue weighted by Crippen LogP contribution is 2.26. The molecule has 0 saturated carbocycles. The van der Waals surface area contributed by atoms with Crippen molar-refractivity contribution in [1.29, 1.82) is 0 Å². The standard InChI is InChI=1S/C9H13F3N2O3/c10-9(11,12)5(8(16)17)4-14-6-2-1-3-13-7(6)15/h5-6,14H,1-4H2,(H,13,15)(H,16,17). The van der Waals surface area contributed by atoms with Crippen LogP contribution in [0.1, 0.15) is 12.8 Å². The first-order chi connectivity index (χ1) is 7.82. The summed E-state index contributed by atoms with van der Waals surface area (Å²) in [6.45, 7) is -0.296. The van der Waals surface area contributed by atoms with E-state index in [0.717, 1.165) is 0 Å². The van der Waals surface area contributed by atoms with Gasteiger partial charge in [0.1, 0.15) is 0 Å². The molecule has 0 aromatic rings. The number of halogens is 3. The van der Waals surface area contributed by atoms with E-state index in [2.05, 4.69) is 10.6 Å². The summed E-state index contributed by atoms with van der Waals surface area (Å²) in [4.78, 5) is 21.7. The lowest BCUT2D eigenvalue weighted by Gasteiger charge is -2.25. The highest BCUT2D eigenvalue weighted by atomic mass is 19.4. The average molecular weight is 254 g/mol. The van der Waals surface area contributed by atoms with Crippen molar-refractivity contribution >= 4 is 11.9 Å². The minimum Gasteiger partial charge on any atom is -0.481 e. The minimum atomic E-state index is -4.82. The highest BCUT2D eigenvalue weighted by molar-refractivity contribution is 5.82. The van der Waals surface area contributed by atoms with Gasteiger partial charge < -0.3 is 15.7 Å². The Morgan fingerprint density at radius 3 is 2.71 bits per heavy atom. The fourth-order valence-corrected chi connectivity index (χ4v) is 1.57. The molecule has 17 heavy (non-hydrogen) atoms. The lowest BCUT2D eigenvalue weighted by atomic mass is 10.0. The van der Waals surface area contributed by atoms with Crippen LogP contribution < -0.4 is 10.6 Å². The van der Waals surface area contributed by atoms with Crippen LogP contribution in [0.2, 0.25) is 0 Å². The van der Waals surface area contributed by atoms with Crippen molar-refractivity contribution in [2.45, 2.75) is 25.1 Å². The zero-order valence-electron chi connectivity index (χ0n) is 8.88. The highest BCUT2D eigenvalue weighted by Gasteiger charge is 2.45. The Kier molecular flexibility index (Phi) is 4.33. The van der Waals surface area contributed by atoms with E-state index in [1.807, 2.05) is 0 Å². The molecule has 0 radical (unpaired) electrons. The Balaban J connectivity index is 2.52. The maximum atomic E-state index is 12.3. The topological polar surface area (TPSA) is 78.4 Å². The first kappa shape index (κ1) is 13.8. The third-order valence-electron chi connectivity index (χ3n) is 2.55. The van der Waals surface area contributed by atoms with Gasteiger partial charge in [0.05, 0.1) is 6.04 Å². The maximum Gasteiger partial charge on any atom is 0.403 e. The number of carbonyl (C=O) groups is 2. The van der Waals surface area contributed by atoms with Gasteiger partial charge in [0.2, 0.25) is 5.91 Å². The predicted molar refractivity (Wildman–Crippen MR) is 51.2 cm³/mol. The van der Waals surface area contributed by atoms with Gasteiger partial charge in [0.25, 0.3) is 0 Å². The summed E-state index contributed by atoms with van der Waals surface area (Å²) in [5.41, 5.74) is 0. The van der Waals surface area contributed by atoms with Crippen LogP contribution >= 0.6 is 0 Å². The molecular weight excluding hydrogens is 241 g/mol. The van der Waals surface area contributed by atoms with Crippen molar-refractivity contribution in [2.24, 2.45) is 5.92 Å². The van der Waals surface area contributed by atoms with Crippen molar-refractivity contribution < 1.29 is 27.9 Å². The first-order valence-electron chi connectivity index (χ1n) is 5.13. The second kappa shape index (κ2) is 5.35. The summed E-state index contributed by atoms with van der Waals surface area (Å²) < 4.78 is 36.9. The number of carboxylic acids is 1. The van der Waals surface area contributed by atoms with E-state index in [0.29, 0.717) is 19.4 Å². The second-order valence-corrected chi connectivity index (χ2v) is 3.83. The SMILES string of the molecule is O=C1NCCCC1NCC(C(=O)O)C(F)(F)F. The van der Waals surface area contributed by atoms with Gasteiger partial charge in [0, 0.05) is 13.1 Å². The van der Waals surface area contributed by atoms with E-state index in [1.165, 1.54) is 0 Å². The molecule has 1 heterocycles. The summed E-state index contributed by atoms with van der Waals surface area (Å²) in [5.74, 6) is -4.82. The van der Waals surface area contributed by atoms with Crippen molar-refractivity contribution in [2.75, 3.05) is 13.1 Å². The van der Waals surface area contributed by atoms with E-state index in [-0.39, 0.29) is 5.91 Å². The first-order valence-corrected chi connectivity index (χ1v) is 5.13. The van der Waals surface area contributed by atoms with Crippen LogP contribution in [0.4, 0.5) is 13.2 Å². The van der Waals surface area contributed by atoms with Gasteiger partial charge in [-0.15, -0.1) is 0 Å². The van der Waals surface area contributed by atoms with Crippen molar-refractivity contribution in [3.05, 3.63) is 0 Å². The lowest BCUT2D eigenvalue weighted by molar-refractivity contribution is -0.192. The molecule has 1 fully saturated rings. The Labute approximate surface area is 95.4 Å². The number of rotatable bonds is 4. The quantitative estimate of drug-likeness (QED) is 0.665. The van der Waals surface area contributed by atoms with Gasteiger partial charge in [-0.2, -0.15) is 13.2 Å². The molecule has 0 aromatic carbocycles. The van der Waals surface area contributed by atoms with E-state index >= 15 is 0 Å². The molecule has 2 atom stereocenters. The monoisotopic (exact) mass is 254 g/mol. The molecule has 3 N–H and O–H groups in total. The number of carboxylic acid groups (broad SMARTS) is 1. The number of hydrogen-bond donors (Lipinski definition) is 3. The molecule has 98 valence electrons. The Morgan fingerprint density at radius 2 is 2.24 bits per heavy atom. The van der Waals surface area contributed by atoms with Crippen LogP contribution in [0.25, 0.3) is 0 Å². The third-order valence-corrected chi connectivity index (χ3v) is 2.55. The number of hydrogen-bond acceptors (Lipinski definition) is 3. The fraction of sp³-hybridized carbons (Fsp3) is 0.778. The zero-order chi connectivity index (χ0) is 13.1. The summed E-state index contributed by atoms with van der Waals surface area (Å²) in [6, 6.07) is -0.743. The van der Waals surface area contributed by atoms with Crippen LogP contribution in [-0.4, -0.2) is 42.3 Å².